The lowest BCUT2D eigenvalue weighted by Crippen LogP contribution is -2.00. The van der Waals surface area contributed by atoms with Gasteiger partial charge in [-0.2, -0.15) is 0 Å². The number of hydrogen-bond donors (Lipinski definition) is 1. The second-order valence-electron chi connectivity index (χ2n) is 4.67. The molecule has 0 aliphatic heterocycles. The largest absolute Gasteiger partial charge is 0.385 e. The van der Waals surface area contributed by atoms with Crippen molar-refractivity contribution in [2.75, 3.05) is 11.9 Å². The zero-order valence-corrected chi connectivity index (χ0v) is 11.3. The Labute approximate surface area is 109 Å². The van der Waals surface area contributed by atoms with E-state index in [1.807, 2.05) is 12.3 Å². The number of hydrogen-bond acceptors (Lipinski definition) is 2. The molecular formula is C16H20N2. The summed E-state index contributed by atoms with van der Waals surface area (Å²) in [7, 11) is 0. The fraction of sp³-hybridized carbons (Fsp3) is 0.312. The number of aromatic nitrogens is 1. The van der Waals surface area contributed by atoms with Crippen LogP contribution in [-0.2, 0) is 0 Å². The molecule has 2 nitrogen and oxygen atoms in total. The molecule has 0 fully saturated rings. The molecule has 1 aromatic heterocycles. The van der Waals surface area contributed by atoms with E-state index in [1.165, 1.54) is 16.7 Å². The van der Waals surface area contributed by atoms with Gasteiger partial charge in [-0.1, -0.05) is 24.6 Å². The molecule has 0 saturated carbocycles. The molecule has 0 aliphatic carbocycles. The number of anilines is 1. The van der Waals surface area contributed by atoms with Crippen LogP contribution in [-0.4, -0.2) is 11.5 Å². The van der Waals surface area contributed by atoms with Crippen LogP contribution in [0.15, 0.2) is 36.5 Å². The summed E-state index contributed by atoms with van der Waals surface area (Å²) in [6, 6.07) is 10.6. The predicted octanol–water partition coefficient (Wildman–Crippen LogP) is 4.19. The lowest BCUT2D eigenvalue weighted by atomic mass is 10.0. The molecule has 2 rings (SSSR count). The molecule has 94 valence electrons. The van der Waals surface area contributed by atoms with Crippen molar-refractivity contribution in [3.05, 3.63) is 47.7 Å². The highest BCUT2D eigenvalue weighted by Crippen LogP contribution is 2.24. The number of benzene rings is 1. The van der Waals surface area contributed by atoms with Gasteiger partial charge in [0.1, 0.15) is 0 Å². The quantitative estimate of drug-likeness (QED) is 0.866. The maximum Gasteiger partial charge on any atom is 0.0725 e. The summed E-state index contributed by atoms with van der Waals surface area (Å²) in [4.78, 5) is 4.48. The molecule has 1 aromatic carbocycles. The fourth-order valence-corrected chi connectivity index (χ4v) is 1.97. The average molecular weight is 240 g/mol. The SMILES string of the molecule is CCCNc1ccnc(-c2cc(C)ccc2C)c1. The third-order valence-electron chi connectivity index (χ3n) is 3.01. The van der Waals surface area contributed by atoms with Crippen LogP contribution in [0.3, 0.4) is 0 Å². The van der Waals surface area contributed by atoms with Crippen LogP contribution in [0, 0.1) is 13.8 Å². The summed E-state index contributed by atoms with van der Waals surface area (Å²) in [5.74, 6) is 0. The Morgan fingerprint density at radius 1 is 1.11 bits per heavy atom. The predicted molar refractivity (Wildman–Crippen MR) is 77.9 cm³/mol. The smallest absolute Gasteiger partial charge is 0.0725 e. The van der Waals surface area contributed by atoms with Gasteiger partial charge >= 0.3 is 0 Å². The third kappa shape index (κ3) is 2.89. The fourth-order valence-electron chi connectivity index (χ4n) is 1.97. The highest BCUT2D eigenvalue weighted by atomic mass is 14.9. The van der Waals surface area contributed by atoms with Crippen LogP contribution in [0.25, 0.3) is 11.3 Å². The summed E-state index contributed by atoms with van der Waals surface area (Å²) in [6.07, 6.45) is 3.00. The van der Waals surface area contributed by atoms with Crippen LogP contribution >= 0.6 is 0 Å². The molecule has 0 aliphatic rings. The monoisotopic (exact) mass is 240 g/mol. The van der Waals surface area contributed by atoms with Gasteiger partial charge < -0.3 is 5.32 Å². The molecule has 0 saturated heterocycles. The van der Waals surface area contributed by atoms with Crippen molar-refractivity contribution in [2.24, 2.45) is 0 Å². The molecule has 2 aromatic rings. The summed E-state index contributed by atoms with van der Waals surface area (Å²) in [6.45, 7) is 7.40. The van der Waals surface area contributed by atoms with Gasteiger partial charge in [0.05, 0.1) is 5.69 Å². The first kappa shape index (κ1) is 12.6. The molecule has 0 atom stereocenters. The maximum atomic E-state index is 4.48. The molecule has 0 amide bonds. The van der Waals surface area contributed by atoms with Crippen molar-refractivity contribution in [1.29, 1.82) is 0 Å². The Morgan fingerprint density at radius 3 is 2.72 bits per heavy atom. The van der Waals surface area contributed by atoms with E-state index in [4.69, 9.17) is 0 Å². The topological polar surface area (TPSA) is 24.9 Å². The van der Waals surface area contributed by atoms with Crippen LogP contribution in [0.2, 0.25) is 0 Å². The molecule has 2 heteroatoms. The molecule has 0 radical (unpaired) electrons. The van der Waals surface area contributed by atoms with Gasteiger partial charge in [-0.05, 0) is 44.0 Å². The van der Waals surface area contributed by atoms with Crippen molar-refractivity contribution in [3.63, 3.8) is 0 Å². The standard InChI is InChI=1S/C16H20N2/c1-4-8-17-14-7-9-18-16(11-14)15-10-12(2)5-6-13(15)3/h5-7,9-11H,4,8H2,1-3H3,(H,17,18). The molecule has 0 spiro atoms. The Hall–Kier alpha value is -1.83. The number of nitrogens with zero attached hydrogens (tertiary/aromatic N) is 1. The second-order valence-corrected chi connectivity index (χ2v) is 4.67. The first-order valence-electron chi connectivity index (χ1n) is 6.48. The number of pyridine rings is 1. The van der Waals surface area contributed by atoms with E-state index in [1.54, 1.807) is 0 Å². The lowest BCUT2D eigenvalue weighted by molar-refractivity contribution is 0.979. The van der Waals surface area contributed by atoms with E-state index in [0.29, 0.717) is 0 Å². The van der Waals surface area contributed by atoms with E-state index in [0.717, 1.165) is 24.3 Å². The summed E-state index contributed by atoms with van der Waals surface area (Å²) >= 11 is 0. The molecular weight excluding hydrogens is 220 g/mol. The van der Waals surface area contributed by atoms with Gasteiger partial charge in [0.15, 0.2) is 0 Å². The van der Waals surface area contributed by atoms with Crippen LogP contribution < -0.4 is 5.32 Å². The molecule has 0 unspecified atom stereocenters. The molecule has 18 heavy (non-hydrogen) atoms. The summed E-state index contributed by atoms with van der Waals surface area (Å²) in [5.41, 5.74) is 5.93. The summed E-state index contributed by atoms with van der Waals surface area (Å²) < 4.78 is 0. The Morgan fingerprint density at radius 2 is 1.94 bits per heavy atom. The third-order valence-corrected chi connectivity index (χ3v) is 3.01. The van der Waals surface area contributed by atoms with Crippen molar-refractivity contribution in [2.45, 2.75) is 27.2 Å². The normalized spacial score (nSPS) is 10.4. The second kappa shape index (κ2) is 5.67. The Balaban J connectivity index is 2.35. The zero-order valence-electron chi connectivity index (χ0n) is 11.3. The van der Waals surface area contributed by atoms with E-state index < -0.39 is 0 Å². The number of aryl methyl sites for hydroxylation is 2. The van der Waals surface area contributed by atoms with Crippen molar-refractivity contribution in [1.82, 2.24) is 4.98 Å². The van der Waals surface area contributed by atoms with Gasteiger partial charge in [0.25, 0.3) is 0 Å². The van der Waals surface area contributed by atoms with Crippen molar-refractivity contribution in [3.8, 4) is 11.3 Å². The minimum Gasteiger partial charge on any atom is -0.385 e. The first-order valence-corrected chi connectivity index (χ1v) is 6.48. The van der Waals surface area contributed by atoms with Gasteiger partial charge in [-0.25, -0.2) is 0 Å². The Bertz CT molecular complexity index is 532. The van der Waals surface area contributed by atoms with Crippen molar-refractivity contribution < 1.29 is 0 Å². The highest BCUT2D eigenvalue weighted by molar-refractivity contribution is 5.67. The van der Waals surface area contributed by atoms with E-state index >= 15 is 0 Å². The molecule has 1 N–H and O–H groups in total. The Kier molecular flexibility index (Phi) is 3.98. The lowest BCUT2D eigenvalue weighted by Gasteiger charge is -2.09. The van der Waals surface area contributed by atoms with Gasteiger partial charge in [0, 0.05) is 24.0 Å². The minimum absolute atomic E-state index is 0.996. The number of nitrogens with one attached hydrogen (secondary N) is 1. The van der Waals surface area contributed by atoms with Crippen molar-refractivity contribution >= 4 is 5.69 Å². The zero-order chi connectivity index (χ0) is 13.0. The van der Waals surface area contributed by atoms with Crippen LogP contribution in [0.4, 0.5) is 5.69 Å². The highest BCUT2D eigenvalue weighted by Gasteiger charge is 2.04. The van der Waals surface area contributed by atoms with Gasteiger partial charge in [-0.3, -0.25) is 4.98 Å². The maximum absolute atomic E-state index is 4.48. The molecule has 1 heterocycles. The summed E-state index contributed by atoms with van der Waals surface area (Å²) in [5, 5.41) is 3.40. The van der Waals surface area contributed by atoms with E-state index in [-0.39, 0.29) is 0 Å². The van der Waals surface area contributed by atoms with Crippen LogP contribution in [0.1, 0.15) is 24.5 Å². The van der Waals surface area contributed by atoms with E-state index in [2.05, 4.69) is 55.3 Å². The van der Waals surface area contributed by atoms with Gasteiger partial charge in [-0.15, -0.1) is 0 Å². The van der Waals surface area contributed by atoms with Gasteiger partial charge in [0.2, 0.25) is 0 Å². The minimum atomic E-state index is 0.996. The van der Waals surface area contributed by atoms with Crippen LogP contribution in [0.5, 0.6) is 0 Å². The first-order chi connectivity index (χ1) is 8.70. The van der Waals surface area contributed by atoms with E-state index in [9.17, 15) is 0 Å². The molecule has 0 bridgehead atoms. The number of rotatable bonds is 4. The average Bonchev–Trinajstić information content (AvgIpc) is 2.39.